The highest BCUT2D eigenvalue weighted by molar-refractivity contribution is 7.92. The molecule has 2 amide bonds. The number of urea groups is 1. The molecule has 2 aromatic carbocycles. The van der Waals surface area contributed by atoms with Gasteiger partial charge in [0.1, 0.15) is 0 Å². The highest BCUT2D eigenvalue weighted by atomic mass is 35.5. The number of anilines is 2. The summed E-state index contributed by atoms with van der Waals surface area (Å²) in [7, 11) is -1.98. The third kappa shape index (κ3) is 3.94. The first-order chi connectivity index (χ1) is 12.3. The highest BCUT2D eigenvalue weighted by Crippen LogP contribution is 2.33. The lowest BCUT2D eigenvalue weighted by Crippen LogP contribution is -2.33. The third-order valence-electron chi connectivity index (χ3n) is 4.48. The lowest BCUT2D eigenvalue weighted by atomic mass is 10.1. The lowest BCUT2D eigenvalue weighted by molar-refractivity contribution is 0.248. The first-order valence-corrected chi connectivity index (χ1v) is 10.4. The van der Waals surface area contributed by atoms with E-state index in [-0.39, 0.29) is 12.1 Å². The molecule has 6 nitrogen and oxygen atoms in total. The van der Waals surface area contributed by atoms with Gasteiger partial charge in [0.2, 0.25) is 10.0 Å². The van der Waals surface area contributed by atoms with Gasteiger partial charge in [-0.1, -0.05) is 29.8 Å². The van der Waals surface area contributed by atoms with Crippen molar-refractivity contribution >= 4 is 39.0 Å². The summed E-state index contributed by atoms with van der Waals surface area (Å²) in [6, 6.07) is 12.0. The summed E-state index contributed by atoms with van der Waals surface area (Å²) in [5.41, 5.74) is 3.03. The van der Waals surface area contributed by atoms with Gasteiger partial charge in [-0.25, -0.2) is 13.2 Å². The van der Waals surface area contributed by atoms with Crippen molar-refractivity contribution in [3.8, 4) is 0 Å². The number of nitrogens with zero attached hydrogens (tertiary/aromatic N) is 1. The predicted molar refractivity (Wildman–Crippen MR) is 104 cm³/mol. The topological polar surface area (TPSA) is 78.5 Å². The summed E-state index contributed by atoms with van der Waals surface area (Å²) in [6.45, 7) is 0. The number of rotatable bonds is 4. The Morgan fingerprint density at radius 1 is 1.23 bits per heavy atom. The van der Waals surface area contributed by atoms with Gasteiger partial charge in [0.15, 0.2) is 0 Å². The molecule has 8 heteroatoms. The van der Waals surface area contributed by atoms with Gasteiger partial charge >= 0.3 is 6.03 Å². The number of fused-ring (bicyclic) bond motifs is 1. The van der Waals surface area contributed by atoms with Crippen LogP contribution in [0.2, 0.25) is 5.02 Å². The molecule has 0 heterocycles. The maximum absolute atomic E-state index is 12.5. The van der Waals surface area contributed by atoms with E-state index in [1.54, 1.807) is 24.3 Å². The Hall–Kier alpha value is -2.25. The van der Waals surface area contributed by atoms with E-state index in [0.29, 0.717) is 16.4 Å². The molecular weight excluding hydrogens is 374 g/mol. The van der Waals surface area contributed by atoms with Crippen LogP contribution in [0.4, 0.5) is 16.2 Å². The molecule has 0 bridgehead atoms. The van der Waals surface area contributed by atoms with E-state index in [0.717, 1.165) is 34.5 Å². The second-order valence-corrected chi connectivity index (χ2v) is 8.73. The number of amides is 2. The number of aryl methyl sites for hydroxylation is 1. The maximum Gasteiger partial charge on any atom is 0.319 e. The van der Waals surface area contributed by atoms with Crippen molar-refractivity contribution in [2.24, 2.45) is 0 Å². The summed E-state index contributed by atoms with van der Waals surface area (Å²) in [5.74, 6) is 0. The molecule has 3 rings (SSSR count). The Kier molecular flexibility index (Phi) is 5.11. The molecule has 26 heavy (non-hydrogen) atoms. The second-order valence-electron chi connectivity index (χ2n) is 6.28. The van der Waals surface area contributed by atoms with Crippen LogP contribution in [0.3, 0.4) is 0 Å². The number of hydrogen-bond donors (Lipinski definition) is 2. The van der Waals surface area contributed by atoms with Gasteiger partial charge in [-0.15, -0.1) is 0 Å². The molecule has 0 spiro atoms. The molecule has 1 unspecified atom stereocenters. The summed E-state index contributed by atoms with van der Waals surface area (Å²) >= 11 is 6.01. The molecule has 2 N–H and O–H groups in total. The van der Waals surface area contributed by atoms with Crippen LogP contribution in [0.5, 0.6) is 0 Å². The van der Waals surface area contributed by atoms with E-state index in [2.05, 4.69) is 10.6 Å². The number of benzene rings is 2. The number of nitrogens with one attached hydrogen (secondary N) is 2. The van der Waals surface area contributed by atoms with Crippen LogP contribution in [0, 0.1) is 0 Å². The highest BCUT2D eigenvalue weighted by Gasteiger charge is 2.24. The maximum atomic E-state index is 12.5. The Bertz CT molecular complexity index is 946. The molecule has 0 saturated heterocycles. The SMILES string of the molecule is CN(c1ccccc1NC(=O)NC1CCc2cc(Cl)ccc21)S(C)(=O)=O. The van der Waals surface area contributed by atoms with Crippen LogP contribution in [0.25, 0.3) is 0 Å². The number of carbonyl (C=O) groups excluding carboxylic acids is 1. The van der Waals surface area contributed by atoms with Crippen LogP contribution in [-0.2, 0) is 16.4 Å². The predicted octanol–water partition coefficient (Wildman–Crippen LogP) is 3.54. The fraction of sp³-hybridized carbons (Fsp3) is 0.278. The average molecular weight is 394 g/mol. The molecule has 0 radical (unpaired) electrons. The molecule has 138 valence electrons. The van der Waals surface area contributed by atoms with Crippen LogP contribution in [-0.4, -0.2) is 27.8 Å². The Labute approximate surface area is 158 Å². The van der Waals surface area contributed by atoms with Crippen molar-refractivity contribution in [3.63, 3.8) is 0 Å². The lowest BCUT2D eigenvalue weighted by Gasteiger charge is -2.21. The smallest absolute Gasteiger partial charge is 0.319 e. The van der Waals surface area contributed by atoms with Crippen LogP contribution >= 0.6 is 11.6 Å². The Morgan fingerprint density at radius 2 is 1.96 bits per heavy atom. The van der Waals surface area contributed by atoms with Crippen molar-refractivity contribution in [3.05, 3.63) is 58.6 Å². The molecule has 2 aromatic rings. The molecule has 1 atom stereocenters. The summed E-state index contributed by atoms with van der Waals surface area (Å²) in [4.78, 5) is 12.5. The van der Waals surface area contributed by atoms with Crippen LogP contribution in [0.15, 0.2) is 42.5 Å². The minimum absolute atomic E-state index is 0.0953. The summed E-state index contributed by atoms with van der Waals surface area (Å²) in [5, 5.41) is 6.38. The van der Waals surface area contributed by atoms with Gasteiger partial charge in [-0.3, -0.25) is 4.31 Å². The standard InChI is InChI=1S/C18H20ClN3O3S/c1-22(26(2,24)25)17-6-4-3-5-16(17)21-18(23)20-15-10-7-12-11-13(19)8-9-14(12)15/h3-6,8-9,11,15H,7,10H2,1-2H3,(H2,20,21,23). The fourth-order valence-electron chi connectivity index (χ4n) is 3.09. The molecule has 1 aliphatic carbocycles. The van der Waals surface area contributed by atoms with E-state index in [4.69, 9.17) is 11.6 Å². The third-order valence-corrected chi connectivity index (χ3v) is 5.90. The monoisotopic (exact) mass is 393 g/mol. The van der Waals surface area contributed by atoms with Crippen LogP contribution < -0.4 is 14.9 Å². The van der Waals surface area contributed by atoms with E-state index in [1.807, 2.05) is 18.2 Å². The largest absolute Gasteiger partial charge is 0.331 e. The minimum Gasteiger partial charge on any atom is -0.331 e. The normalized spacial score (nSPS) is 16.0. The van der Waals surface area contributed by atoms with E-state index >= 15 is 0 Å². The number of halogens is 1. The van der Waals surface area contributed by atoms with Gasteiger partial charge in [0.25, 0.3) is 0 Å². The summed E-state index contributed by atoms with van der Waals surface area (Å²) < 4.78 is 24.7. The zero-order chi connectivity index (χ0) is 18.9. The van der Waals surface area contributed by atoms with Gasteiger partial charge < -0.3 is 10.6 Å². The van der Waals surface area contributed by atoms with Crippen LogP contribution in [0.1, 0.15) is 23.6 Å². The van der Waals surface area contributed by atoms with Gasteiger partial charge in [0, 0.05) is 12.1 Å². The first-order valence-electron chi connectivity index (χ1n) is 8.14. The molecule has 0 saturated carbocycles. The minimum atomic E-state index is -3.43. The molecular formula is C18H20ClN3O3S. The number of para-hydroxylation sites is 2. The van der Waals surface area contributed by atoms with E-state index in [1.165, 1.54) is 7.05 Å². The van der Waals surface area contributed by atoms with Crippen molar-refractivity contribution < 1.29 is 13.2 Å². The number of sulfonamides is 1. The Balaban J connectivity index is 1.75. The number of carbonyl (C=O) groups is 1. The van der Waals surface area contributed by atoms with Gasteiger partial charge in [-0.2, -0.15) is 0 Å². The fourth-order valence-corrected chi connectivity index (χ4v) is 3.80. The van der Waals surface area contributed by atoms with Crippen molar-refractivity contribution in [1.29, 1.82) is 0 Å². The van der Waals surface area contributed by atoms with Crippen molar-refractivity contribution in [2.75, 3.05) is 22.9 Å². The zero-order valence-corrected chi connectivity index (χ0v) is 16.1. The van der Waals surface area contributed by atoms with E-state index < -0.39 is 10.0 Å². The quantitative estimate of drug-likeness (QED) is 0.833. The molecule has 1 aliphatic rings. The molecule has 0 aromatic heterocycles. The molecule has 0 aliphatic heterocycles. The first kappa shape index (κ1) is 18.5. The van der Waals surface area contributed by atoms with Gasteiger partial charge in [0.05, 0.1) is 23.7 Å². The second kappa shape index (κ2) is 7.17. The van der Waals surface area contributed by atoms with E-state index in [9.17, 15) is 13.2 Å². The summed E-state index contributed by atoms with van der Waals surface area (Å²) in [6.07, 6.45) is 2.77. The number of hydrogen-bond acceptors (Lipinski definition) is 3. The van der Waals surface area contributed by atoms with Crippen molar-refractivity contribution in [2.45, 2.75) is 18.9 Å². The Morgan fingerprint density at radius 3 is 2.69 bits per heavy atom. The average Bonchev–Trinajstić information content (AvgIpc) is 2.95. The zero-order valence-electron chi connectivity index (χ0n) is 14.5. The molecule has 0 fully saturated rings. The van der Waals surface area contributed by atoms with Crippen molar-refractivity contribution in [1.82, 2.24) is 5.32 Å². The van der Waals surface area contributed by atoms with Gasteiger partial charge in [-0.05, 0) is 48.2 Å².